The number of aliphatic imine (C=N–C) groups is 1. The summed E-state index contributed by atoms with van der Waals surface area (Å²) in [5, 5.41) is 2.83. The number of aryl methyl sites for hydroxylation is 1. The number of amidine groups is 1. The Labute approximate surface area is 158 Å². The van der Waals surface area contributed by atoms with Crippen LogP contribution in [0, 0.1) is 0 Å². The van der Waals surface area contributed by atoms with Gasteiger partial charge in [0.15, 0.2) is 11.5 Å². The Bertz CT molecular complexity index is 889. The van der Waals surface area contributed by atoms with Crippen LogP contribution in [0.4, 0.5) is 0 Å². The Morgan fingerprint density at radius 2 is 1.59 bits per heavy atom. The van der Waals surface area contributed by atoms with Gasteiger partial charge >= 0.3 is 0 Å². The molecular weight excluding hydrogens is 344 g/mol. The zero-order valence-corrected chi connectivity index (χ0v) is 15.6. The fourth-order valence-corrected chi connectivity index (χ4v) is 2.86. The third kappa shape index (κ3) is 4.28. The molecule has 140 valence electrons. The average Bonchev–Trinajstić information content (AvgIpc) is 3.06. The molecule has 3 rings (SSSR count). The molecule has 1 amide bonds. The van der Waals surface area contributed by atoms with Gasteiger partial charge in [-0.2, -0.15) is 0 Å². The first-order valence-electron chi connectivity index (χ1n) is 8.59. The second-order valence-electron chi connectivity index (χ2n) is 5.98. The Balaban J connectivity index is 1.83. The van der Waals surface area contributed by atoms with Crippen molar-refractivity contribution in [3.8, 4) is 17.2 Å². The lowest BCUT2D eigenvalue weighted by Gasteiger charge is -2.12. The summed E-state index contributed by atoms with van der Waals surface area (Å²) in [5.74, 6) is 2.11. The lowest BCUT2D eigenvalue weighted by atomic mass is 10.1. The van der Waals surface area contributed by atoms with E-state index < -0.39 is 0 Å². The van der Waals surface area contributed by atoms with Gasteiger partial charge in [0.1, 0.15) is 17.3 Å². The fourth-order valence-electron chi connectivity index (χ4n) is 2.86. The molecule has 0 aromatic heterocycles. The van der Waals surface area contributed by atoms with E-state index in [0.29, 0.717) is 40.8 Å². The van der Waals surface area contributed by atoms with Crippen LogP contribution in [0.5, 0.6) is 17.2 Å². The van der Waals surface area contributed by atoms with Crippen LogP contribution in [-0.2, 0) is 11.2 Å². The van der Waals surface area contributed by atoms with Crippen molar-refractivity contribution < 1.29 is 19.0 Å². The number of nitrogens with one attached hydrogen (secondary N) is 1. The highest BCUT2D eigenvalue weighted by Crippen LogP contribution is 2.36. The molecule has 2 aromatic rings. The van der Waals surface area contributed by atoms with Gasteiger partial charge in [-0.25, -0.2) is 4.99 Å². The average molecular weight is 366 g/mol. The molecule has 1 aliphatic rings. The molecule has 0 spiro atoms. The molecule has 6 heteroatoms. The van der Waals surface area contributed by atoms with Gasteiger partial charge in [-0.3, -0.25) is 4.79 Å². The van der Waals surface area contributed by atoms with E-state index in [1.54, 1.807) is 39.5 Å². The van der Waals surface area contributed by atoms with Gasteiger partial charge in [0.2, 0.25) is 0 Å². The molecule has 0 radical (unpaired) electrons. The monoisotopic (exact) mass is 366 g/mol. The Kier molecular flexibility index (Phi) is 5.76. The fraction of sp³-hybridized carbons (Fsp3) is 0.238. The van der Waals surface area contributed by atoms with E-state index in [9.17, 15) is 4.79 Å². The molecule has 0 saturated heterocycles. The second kappa shape index (κ2) is 8.40. The maximum absolute atomic E-state index is 12.3. The first-order valence-corrected chi connectivity index (χ1v) is 8.59. The van der Waals surface area contributed by atoms with Crippen LogP contribution in [-0.4, -0.2) is 33.1 Å². The number of hydrogen-bond acceptors (Lipinski definition) is 5. The van der Waals surface area contributed by atoms with Crippen LogP contribution in [0.25, 0.3) is 6.08 Å². The van der Waals surface area contributed by atoms with E-state index in [4.69, 9.17) is 14.2 Å². The van der Waals surface area contributed by atoms with E-state index in [1.807, 2.05) is 18.2 Å². The molecule has 0 fully saturated rings. The van der Waals surface area contributed by atoms with Crippen molar-refractivity contribution >= 4 is 17.8 Å². The molecule has 6 nitrogen and oxygen atoms in total. The van der Waals surface area contributed by atoms with Gasteiger partial charge in [0.05, 0.1) is 21.3 Å². The molecular formula is C21H22N2O4. The molecule has 0 atom stereocenters. The largest absolute Gasteiger partial charge is 0.496 e. The number of carbonyl (C=O) groups is 1. The Morgan fingerprint density at radius 3 is 2.26 bits per heavy atom. The van der Waals surface area contributed by atoms with Gasteiger partial charge in [0.25, 0.3) is 5.91 Å². The number of benzene rings is 2. The van der Waals surface area contributed by atoms with Crippen LogP contribution in [0.15, 0.2) is 53.2 Å². The SMILES string of the molecule is COc1cc(OC)c(OC)cc1/C=C1\N=C(CCc2ccccc2)NC1=O. The first-order chi connectivity index (χ1) is 13.1. The smallest absolute Gasteiger partial charge is 0.275 e. The molecule has 1 aliphatic heterocycles. The van der Waals surface area contributed by atoms with Crippen molar-refractivity contribution in [1.29, 1.82) is 0 Å². The molecule has 1 N–H and O–H groups in total. The lowest BCUT2D eigenvalue weighted by molar-refractivity contribution is -0.115. The third-order valence-electron chi connectivity index (χ3n) is 4.27. The Hall–Kier alpha value is -3.28. The highest BCUT2D eigenvalue weighted by atomic mass is 16.5. The summed E-state index contributed by atoms with van der Waals surface area (Å²) in [6, 6.07) is 13.6. The minimum Gasteiger partial charge on any atom is -0.496 e. The van der Waals surface area contributed by atoms with Crippen LogP contribution < -0.4 is 19.5 Å². The van der Waals surface area contributed by atoms with E-state index in [-0.39, 0.29) is 5.91 Å². The maximum Gasteiger partial charge on any atom is 0.275 e. The van der Waals surface area contributed by atoms with E-state index in [1.165, 1.54) is 5.56 Å². The van der Waals surface area contributed by atoms with Crippen molar-refractivity contribution in [2.24, 2.45) is 4.99 Å². The van der Waals surface area contributed by atoms with Crippen molar-refractivity contribution in [3.05, 3.63) is 59.3 Å². The van der Waals surface area contributed by atoms with Crippen LogP contribution >= 0.6 is 0 Å². The highest BCUT2D eigenvalue weighted by molar-refractivity contribution is 6.14. The minimum atomic E-state index is -0.227. The second-order valence-corrected chi connectivity index (χ2v) is 5.98. The molecule has 0 unspecified atom stereocenters. The number of nitrogens with zero attached hydrogens (tertiary/aromatic N) is 1. The third-order valence-corrected chi connectivity index (χ3v) is 4.27. The van der Waals surface area contributed by atoms with Crippen molar-refractivity contribution in [1.82, 2.24) is 5.32 Å². The molecule has 0 aliphatic carbocycles. The van der Waals surface area contributed by atoms with Gasteiger partial charge in [0, 0.05) is 18.1 Å². The maximum atomic E-state index is 12.3. The summed E-state index contributed by atoms with van der Waals surface area (Å²) in [6.45, 7) is 0. The normalized spacial score (nSPS) is 14.7. The number of ether oxygens (including phenoxy) is 3. The minimum absolute atomic E-state index is 0.227. The molecule has 0 saturated carbocycles. The van der Waals surface area contributed by atoms with E-state index in [2.05, 4.69) is 22.4 Å². The number of methoxy groups -OCH3 is 3. The summed E-state index contributed by atoms with van der Waals surface area (Å²) in [7, 11) is 4.68. The van der Waals surface area contributed by atoms with Gasteiger partial charge in [-0.15, -0.1) is 0 Å². The number of carbonyl (C=O) groups excluding carboxylic acids is 1. The predicted octanol–water partition coefficient (Wildman–Crippen LogP) is 3.21. The predicted molar refractivity (Wildman–Crippen MR) is 104 cm³/mol. The summed E-state index contributed by atoms with van der Waals surface area (Å²) in [4.78, 5) is 16.7. The highest BCUT2D eigenvalue weighted by Gasteiger charge is 2.21. The van der Waals surface area contributed by atoms with Gasteiger partial charge in [-0.1, -0.05) is 30.3 Å². The zero-order valence-electron chi connectivity index (χ0n) is 15.6. The summed E-state index contributed by atoms with van der Waals surface area (Å²) in [5.41, 5.74) is 2.23. The topological polar surface area (TPSA) is 69.2 Å². The van der Waals surface area contributed by atoms with Crippen molar-refractivity contribution in [3.63, 3.8) is 0 Å². The zero-order chi connectivity index (χ0) is 19.2. The lowest BCUT2D eigenvalue weighted by Crippen LogP contribution is -2.24. The summed E-state index contributed by atoms with van der Waals surface area (Å²) < 4.78 is 16.0. The molecule has 0 bridgehead atoms. The first kappa shape index (κ1) is 18.5. The van der Waals surface area contributed by atoms with Crippen LogP contribution in [0.2, 0.25) is 0 Å². The van der Waals surface area contributed by atoms with Crippen molar-refractivity contribution in [2.45, 2.75) is 12.8 Å². The summed E-state index contributed by atoms with van der Waals surface area (Å²) in [6.07, 6.45) is 3.16. The van der Waals surface area contributed by atoms with Crippen LogP contribution in [0.3, 0.4) is 0 Å². The molecule has 27 heavy (non-hydrogen) atoms. The number of rotatable bonds is 7. The van der Waals surface area contributed by atoms with Crippen molar-refractivity contribution in [2.75, 3.05) is 21.3 Å². The molecule has 1 heterocycles. The van der Waals surface area contributed by atoms with Gasteiger partial charge in [-0.05, 0) is 24.1 Å². The van der Waals surface area contributed by atoms with E-state index >= 15 is 0 Å². The Morgan fingerprint density at radius 1 is 0.926 bits per heavy atom. The number of amides is 1. The number of hydrogen-bond donors (Lipinski definition) is 1. The standard InChI is InChI=1S/C21H22N2O4/c1-25-17-13-19(27-3)18(26-2)12-15(17)11-16-21(24)23-20(22-16)10-9-14-7-5-4-6-8-14/h4-8,11-13H,9-10H2,1-3H3,(H,22,23,24)/b16-11-. The quantitative estimate of drug-likeness (QED) is 0.764. The van der Waals surface area contributed by atoms with Crippen LogP contribution in [0.1, 0.15) is 17.5 Å². The summed E-state index contributed by atoms with van der Waals surface area (Å²) >= 11 is 0. The van der Waals surface area contributed by atoms with Gasteiger partial charge < -0.3 is 19.5 Å². The van der Waals surface area contributed by atoms with E-state index in [0.717, 1.165) is 6.42 Å². The molecule has 2 aromatic carbocycles.